The Kier molecular flexibility index (Phi) is 3.37. The minimum absolute atomic E-state index is 0.193. The van der Waals surface area contributed by atoms with Gasteiger partial charge in [-0.3, -0.25) is 0 Å². The molecule has 1 saturated carbocycles. The molecule has 3 heteroatoms. The first kappa shape index (κ1) is 12.2. The highest BCUT2D eigenvalue weighted by molar-refractivity contribution is 5.37. The van der Waals surface area contributed by atoms with E-state index >= 15 is 0 Å². The van der Waals surface area contributed by atoms with Gasteiger partial charge >= 0.3 is 0 Å². The molecule has 0 bridgehead atoms. The van der Waals surface area contributed by atoms with Gasteiger partial charge in [-0.2, -0.15) is 0 Å². The lowest BCUT2D eigenvalue weighted by Gasteiger charge is -2.20. The second-order valence-electron chi connectivity index (χ2n) is 5.56. The van der Waals surface area contributed by atoms with E-state index in [4.69, 9.17) is 10.5 Å². The molecule has 1 aromatic carbocycles. The standard InChI is InChI=1S/C15H22N2O/c1-18-11-7-6-10(8-11)17-15-9-14(16)12-4-2-3-5-13(12)15/h2-5,10-11,14-15,17H,6-9,16H2,1H3. The van der Waals surface area contributed by atoms with Crippen molar-refractivity contribution in [2.75, 3.05) is 7.11 Å². The second-order valence-corrected chi connectivity index (χ2v) is 5.56. The van der Waals surface area contributed by atoms with Crippen LogP contribution in [0.25, 0.3) is 0 Å². The molecule has 18 heavy (non-hydrogen) atoms. The fraction of sp³-hybridized carbons (Fsp3) is 0.600. The number of nitrogens with two attached hydrogens (primary N) is 1. The molecule has 0 heterocycles. The van der Waals surface area contributed by atoms with E-state index in [0.717, 1.165) is 12.8 Å². The lowest BCUT2D eigenvalue weighted by atomic mass is 10.1. The van der Waals surface area contributed by atoms with E-state index < -0.39 is 0 Å². The monoisotopic (exact) mass is 246 g/mol. The van der Waals surface area contributed by atoms with Crippen LogP contribution in [0, 0.1) is 0 Å². The van der Waals surface area contributed by atoms with Gasteiger partial charge in [0.05, 0.1) is 6.10 Å². The molecule has 0 radical (unpaired) electrons. The van der Waals surface area contributed by atoms with Gasteiger partial charge in [-0.25, -0.2) is 0 Å². The first-order chi connectivity index (χ1) is 8.78. The Bertz CT molecular complexity index is 421. The van der Waals surface area contributed by atoms with Gasteiger partial charge in [-0.05, 0) is 36.8 Å². The number of hydrogen-bond acceptors (Lipinski definition) is 3. The highest BCUT2D eigenvalue weighted by Crippen LogP contribution is 2.38. The normalized spacial score (nSPS) is 34.8. The molecule has 0 amide bonds. The number of methoxy groups -OCH3 is 1. The summed E-state index contributed by atoms with van der Waals surface area (Å²) in [6.45, 7) is 0. The number of rotatable bonds is 3. The van der Waals surface area contributed by atoms with Crippen LogP contribution in [0.15, 0.2) is 24.3 Å². The van der Waals surface area contributed by atoms with Crippen LogP contribution in [-0.2, 0) is 4.74 Å². The smallest absolute Gasteiger partial charge is 0.0586 e. The van der Waals surface area contributed by atoms with Crippen LogP contribution in [0.2, 0.25) is 0 Å². The number of ether oxygens (including phenoxy) is 1. The lowest BCUT2D eigenvalue weighted by Crippen LogP contribution is -2.30. The maximum absolute atomic E-state index is 6.20. The van der Waals surface area contributed by atoms with Crippen LogP contribution in [0.3, 0.4) is 0 Å². The zero-order valence-electron chi connectivity index (χ0n) is 10.9. The van der Waals surface area contributed by atoms with Crippen molar-refractivity contribution in [2.24, 2.45) is 5.73 Å². The van der Waals surface area contributed by atoms with Crippen LogP contribution in [-0.4, -0.2) is 19.3 Å². The maximum Gasteiger partial charge on any atom is 0.0586 e. The van der Waals surface area contributed by atoms with Gasteiger partial charge < -0.3 is 15.8 Å². The molecule has 98 valence electrons. The summed E-state index contributed by atoms with van der Waals surface area (Å²) >= 11 is 0. The summed E-state index contributed by atoms with van der Waals surface area (Å²) in [7, 11) is 1.81. The third-order valence-corrected chi connectivity index (χ3v) is 4.42. The van der Waals surface area contributed by atoms with Crippen molar-refractivity contribution in [2.45, 2.75) is 49.9 Å². The zero-order chi connectivity index (χ0) is 12.5. The molecule has 1 aromatic rings. The SMILES string of the molecule is COC1CCC(NC2CC(N)c3ccccc32)C1. The Morgan fingerprint density at radius 3 is 2.67 bits per heavy atom. The summed E-state index contributed by atoms with van der Waals surface area (Å²) < 4.78 is 5.43. The molecule has 4 unspecified atom stereocenters. The van der Waals surface area contributed by atoms with E-state index in [2.05, 4.69) is 29.6 Å². The van der Waals surface area contributed by atoms with Crippen LogP contribution in [0.4, 0.5) is 0 Å². The molecular weight excluding hydrogens is 224 g/mol. The largest absolute Gasteiger partial charge is 0.381 e. The number of fused-ring (bicyclic) bond motifs is 1. The summed E-state index contributed by atoms with van der Waals surface area (Å²) in [5.41, 5.74) is 8.91. The molecule has 4 atom stereocenters. The molecule has 2 aliphatic rings. The number of nitrogens with one attached hydrogen (secondary N) is 1. The van der Waals surface area contributed by atoms with Crippen molar-refractivity contribution in [3.05, 3.63) is 35.4 Å². The summed E-state index contributed by atoms with van der Waals surface area (Å²) in [4.78, 5) is 0. The van der Waals surface area contributed by atoms with Crippen molar-refractivity contribution in [3.8, 4) is 0 Å². The Morgan fingerprint density at radius 2 is 1.94 bits per heavy atom. The molecule has 2 aliphatic carbocycles. The third kappa shape index (κ3) is 2.18. The summed E-state index contributed by atoms with van der Waals surface area (Å²) in [5.74, 6) is 0. The second kappa shape index (κ2) is 5.00. The highest BCUT2D eigenvalue weighted by Gasteiger charge is 2.32. The van der Waals surface area contributed by atoms with E-state index in [-0.39, 0.29) is 6.04 Å². The molecular formula is C15H22N2O. The van der Waals surface area contributed by atoms with Gasteiger partial charge in [0.25, 0.3) is 0 Å². The van der Waals surface area contributed by atoms with E-state index in [1.54, 1.807) is 0 Å². The minimum atomic E-state index is 0.193. The van der Waals surface area contributed by atoms with Crippen molar-refractivity contribution < 1.29 is 4.74 Å². The van der Waals surface area contributed by atoms with Gasteiger partial charge in [0.2, 0.25) is 0 Å². The predicted octanol–water partition coefficient (Wildman–Crippen LogP) is 2.29. The molecule has 3 rings (SSSR count). The van der Waals surface area contributed by atoms with Crippen LogP contribution in [0.1, 0.15) is 48.9 Å². The van der Waals surface area contributed by atoms with Crippen LogP contribution >= 0.6 is 0 Å². The van der Waals surface area contributed by atoms with Crippen LogP contribution in [0.5, 0.6) is 0 Å². The molecule has 0 spiro atoms. The van der Waals surface area contributed by atoms with Crippen LogP contribution < -0.4 is 11.1 Å². The number of hydrogen-bond donors (Lipinski definition) is 2. The first-order valence-electron chi connectivity index (χ1n) is 6.91. The van der Waals surface area contributed by atoms with Crippen molar-refractivity contribution in [3.63, 3.8) is 0 Å². The lowest BCUT2D eigenvalue weighted by molar-refractivity contribution is 0.106. The fourth-order valence-electron chi connectivity index (χ4n) is 3.42. The van der Waals surface area contributed by atoms with E-state index in [1.807, 2.05) is 7.11 Å². The predicted molar refractivity (Wildman–Crippen MR) is 72.3 cm³/mol. The van der Waals surface area contributed by atoms with Gasteiger partial charge in [0.15, 0.2) is 0 Å². The average molecular weight is 246 g/mol. The molecule has 0 saturated heterocycles. The topological polar surface area (TPSA) is 47.3 Å². The molecule has 3 N–H and O–H groups in total. The molecule has 1 fully saturated rings. The highest BCUT2D eigenvalue weighted by atomic mass is 16.5. The van der Waals surface area contributed by atoms with Crippen molar-refractivity contribution >= 4 is 0 Å². The molecule has 0 aliphatic heterocycles. The summed E-state index contributed by atoms with van der Waals surface area (Å²) in [5, 5.41) is 3.77. The zero-order valence-corrected chi connectivity index (χ0v) is 10.9. The Hall–Kier alpha value is -0.900. The van der Waals surface area contributed by atoms with Crippen molar-refractivity contribution in [1.82, 2.24) is 5.32 Å². The first-order valence-corrected chi connectivity index (χ1v) is 6.91. The fourth-order valence-corrected chi connectivity index (χ4v) is 3.42. The quantitative estimate of drug-likeness (QED) is 0.860. The Balaban J connectivity index is 1.68. The average Bonchev–Trinajstić information content (AvgIpc) is 2.97. The Morgan fingerprint density at radius 1 is 1.17 bits per heavy atom. The summed E-state index contributed by atoms with van der Waals surface area (Å²) in [6, 6.07) is 9.76. The van der Waals surface area contributed by atoms with Gasteiger partial charge in [-0.15, -0.1) is 0 Å². The van der Waals surface area contributed by atoms with Gasteiger partial charge in [-0.1, -0.05) is 24.3 Å². The van der Waals surface area contributed by atoms with Gasteiger partial charge in [0, 0.05) is 25.2 Å². The van der Waals surface area contributed by atoms with Crippen molar-refractivity contribution in [1.29, 1.82) is 0 Å². The maximum atomic E-state index is 6.20. The van der Waals surface area contributed by atoms with E-state index in [1.165, 1.54) is 24.0 Å². The number of benzene rings is 1. The Labute approximate surface area is 109 Å². The third-order valence-electron chi connectivity index (χ3n) is 4.42. The molecule has 0 aromatic heterocycles. The van der Waals surface area contributed by atoms with E-state index in [0.29, 0.717) is 18.2 Å². The summed E-state index contributed by atoms with van der Waals surface area (Å²) in [6.07, 6.45) is 4.98. The van der Waals surface area contributed by atoms with Gasteiger partial charge in [0.1, 0.15) is 0 Å². The molecule has 3 nitrogen and oxygen atoms in total. The van der Waals surface area contributed by atoms with E-state index in [9.17, 15) is 0 Å². The minimum Gasteiger partial charge on any atom is -0.381 e.